The van der Waals surface area contributed by atoms with Gasteiger partial charge in [0.2, 0.25) is 5.95 Å². The average molecular weight is 205 g/mol. The van der Waals surface area contributed by atoms with Crippen molar-refractivity contribution in [2.24, 2.45) is 0 Å². The summed E-state index contributed by atoms with van der Waals surface area (Å²) in [5.74, 6) is -0.893. The molecule has 1 heterocycles. The molecule has 0 aromatic carbocycles. The molecule has 0 atom stereocenters. The smallest absolute Gasteiger partial charge is 0.387 e. The number of ether oxygens (including phenoxy) is 1. The van der Waals surface area contributed by atoms with Crippen molar-refractivity contribution in [1.29, 1.82) is 0 Å². The van der Waals surface area contributed by atoms with Gasteiger partial charge in [0.05, 0.1) is 6.20 Å². The number of hydrogen-bond acceptors (Lipinski definition) is 2. The van der Waals surface area contributed by atoms with E-state index in [0.717, 1.165) is 6.20 Å². The normalized spacial score (nSPS) is 11.1. The van der Waals surface area contributed by atoms with E-state index in [1.165, 1.54) is 6.07 Å². The second-order valence-corrected chi connectivity index (χ2v) is 3.08. The lowest BCUT2D eigenvalue weighted by Gasteiger charge is -2.09. The van der Waals surface area contributed by atoms with Crippen molar-refractivity contribution in [3.8, 4) is 5.75 Å². The second kappa shape index (κ2) is 4.30. The lowest BCUT2D eigenvalue weighted by Crippen LogP contribution is -2.04. The van der Waals surface area contributed by atoms with Crippen molar-refractivity contribution in [3.63, 3.8) is 0 Å². The zero-order valence-corrected chi connectivity index (χ0v) is 7.80. The summed E-state index contributed by atoms with van der Waals surface area (Å²) in [6.07, 6.45) is 0.938. The fraction of sp³-hybridized carbons (Fsp3) is 0.444. The molecule has 0 saturated carbocycles. The average Bonchev–Trinajstić information content (AvgIpc) is 2.07. The van der Waals surface area contributed by atoms with Crippen LogP contribution in [0.1, 0.15) is 25.3 Å². The summed E-state index contributed by atoms with van der Waals surface area (Å²) in [5, 5.41) is 0. The van der Waals surface area contributed by atoms with Crippen LogP contribution >= 0.6 is 0 Å². The van der Waals surface area contributed by atoms with Crippen molar-refractivity contribution < 1.29 is 17.9 Å². The molecule has 1 aromatic rings. The summed E-state index contributed by atoms with van der Waals surface area (Å²) in [6, 6.07) is 1.24. The van der Waals surface area contributed by atoms with Gasteiger partial charge in [-0.1, -0.05) is 13.8 Å². The van der Waals surface area contributed by atoms with E-state index in [2.05, 4.69) is 9.72 Å². The van der Waals surface area contributed by atoms with E-state index in [1.807, 2.05) is 0 Å². The van der Waals surface area contributed by atoms with Gasteiger partial charge in [0.15, 0.2) is 0 Å². The second-order valence-electron chi connectivity index (χ2n) is 3.08. The van der Waals surface area contributed by atoms with Gasteiger partial charge >= 0.3 is 6.61 Å². The lowest BCUT2D eigenvalue weighted by molar-refractivity contribution is -0.0502. The highest BCUT2D eigenvalue weighted by molar-refractivity contribution is 5.26. The van der Waals surface area contributed by atoms with Crippen molar-refractivity contribution in [3.05, 3.63) is 23.8 Å². The molecule has 0 saturated heterocycles. The van der Waals surface area contributed by atoms with Crippen LogP contribution in [0.4, 0.5) is 13.2 Å². The number of nitrogens with zero attached hydrogens (tertiary/aromatic N) is 1. The van der Waals surface area contributed by atoms with E-state index in [0.29, 0.717) is 0 Å². The number of pyridine rings is 1. The molecule has 0 bridgehead atoms. The van der Waals surface area contributed by atoms with Gasteiger partial charge in [-0.25, -0.2) is 4.98 Å². The van der Waals surface area contributed by atoms with Gasteiger partial charge in [-0.15, -0.1) is 0 Å². The molecule has 14 heavy (non-hydrogen) atoms. The summed E-state index contributed by atoms with van der Waals surface area (Å²) in [4.78, 5) is 3.33. The van der Waals surface area contributed by atoms with Crippen molar-refractivity contribution in [1.82, 2.24) is 4.98 Å². The van der Waals surface area contributed by atoms with Crippen LogP contribution in [-0.4, -0.2) is 11.6 Å². The predicted molar refractivity (Wildman–Crippen MR) is 44.9 cm³/mol. The fourth-order valence-corrected chi connectivity index (χ4v) is 1.02. The van der Waals surface area contributed by atoms with Gasteiger partial charge in [-0.05, 0) is 12.0 Å². The quantitative estimate of drug-likeness (QED) is 0.708. The Labute approximate surface area is 79.7 Å². The van der Waals surface area contributed by atoms with E-state index in [4.69, 9.17) is 0 Å². The Balaban J connectivity index is 2.94. The minimum absolute atomic E-state index is 0.120. The first kappa shape index (κ1) is 10.8. The van der Waals surface area contributed by atoms with E-state index >= 15 is 0 Å². The van der Waals surface area contributed by atoms with Crippen LogP contribution in [0.15, 0.2) is 12.3 Å². The van der Waals surface area contributed by atoms with Crippen molar-refractivity contribution >= 4 is 0 Å². The molecule has 1 aromatic heterocycles. The van der Waals surface area contributed by atoms with E-state index in [9.17, 15) is 13.2 Å². The molecular weight excluding hydrogens is 195 g/mol. The first-order valence-corrected chi connectivity index (χ1v) is 4.11. The molecule has 0 amide bonds. The summed E-state index contributed by atoms with van der Waals surface area (Å²) in [6.45, 7) is 0.570. The molecule has 0 aliphatic heterocycles. The van der Waals surface area contributed by atoms with Crippen LogP contribution in [-0.2, 0) is 0 Å². The standard InChI is InChI=1S/C9H10F3NO/c1-5(2)7-3-6(14-9(11)12)4-13-8(7)10/h3-5,9H,1-2H3. The number of aromatic nitrogens is 1. The molecule has 0 N–H and O–H groups in total. The largest absolute Gasteiger partial charge is 0.433 e. The Bertz CT molecular complexity index is 315. The van der Waals surface area contributed by atoms with Gasteiger partial charge in [-0.2, -0.15) is 13.2 Å². The van der Waals surface area contributed by atoms with Gasteiger partial charge < -0.3 is 4.74 Å². The van der Waals surface area contributed by atoms with Crippen LogP contribution in [0.25, 0.3) is 0 Å². The van der Waals surface area contributed by atoms with E-state index in [1.54, 1.807) is 13.8 Å². The molecule has 0 unspecified atom stereocenters. The summed E-state index contributed by atoms with van der Waals surface area (Å²) < 4.78 is 40.7. The molecule has 0 fully saturated rings. The molecular formula is C9H10F3NO. The first-order valence-electron chi connectivity index (χ1n) is 4.11. The maximum Gasteiger partial charge on any atom is 0.387 e. The third kappa shape index (κ3) is 2.61. The first-order chi connectivity index (χ1) is 6.50. The molecule has 78 valence electrons. The van der Waals surface area contributed by atoms with Crippen LogP contribution in [0, 0.1) is 5.95 Å². The maximum atomic E-state index is 13.0. The lowest BCUT2D eigenvalue weighted by atomic mass is 10.1. The Morgan fingerprint density at radius 3 is 2.50 bits per heavy atom. The zero-order chi connectivity index (χ0) is 10.7. The molecule has 1 rings (SSSR count). The molecule has 0 spiro atoms. The zero-order valence-electron chi connectivity index (χ0n) is 7.80. The highest BCUT2D eigenvalue weighted by Gasteiger charge is 2.11. The number of rotatable bonds is 3. The van der Waals surface area contributed by atoms with Crippen molar-refractivity contribution in [2.45, 2.75) is 26.4 Å². The van der Waals surface area contributed by atoms with Crippen molar-refractivity contribution in [2.75, 3.05) is 0 Å². The SMILES string of the molecule is CC(C)c1cc(OC(F)F)cnc1F. The monoisotopic (exact) mass is 205 g/mol. The van der Waals surface area contributed by atoms with Gasteiger partial charge in [0, 0.05) is 5.56 Å². The van der Waals surface area contributed by atoms with Crippen LogP contribution < -0.4 is 4.74 Å². The van der Waals surface area contributed by atoms with Gasteiger partial charge in [0.25, 0.3) is 0 Å². The summed E-state index contributed by atoms with van der Waals surface area (Å²) in [7, 11) is 0. The Kier molecular flexibility index (Phi) is 3.33. The Morgan fingerprint density at radius 1 is 1.36 bits per heavy atom. The highest BCUT2D eigenvalue weighted by atomic mass is 19.3. The minimum Gasteiger partial charge on any atom is -0.433 e. The van der Waals surface area contributed by atoms with Crippen LogP contribution in [0.5, 0.6) is 5.75 Å². The van der Waals surface area contributed by atoms with Crippen LogP contribution in [0.2, 0.25) is 0 Å². The summed E-state index contributed by atoms with van der Waals surface area (Å²) >= 11 is 0. The topological polar surface area (TPSA) is 22.1 Å². The fourth-order valence-electron chi connectivity index (χ4n) is 1.02. The molecule has 2 nitrogen and oxygen atoms in total. The molecule has 0 aliphatic rings. The summed E-state index contributed by atoms with van der Waals surface area (Å²) in [5.41, 5.74) is 0.267. The molecule has 5 heteroatoms. The number of hydrogen-bond donors (Lipinski definition) is 0. The third-order valence-electron chi connectivity index (χ3n) is 1.69. The minimum atomic E-state index is -2.91. The molecule has 0 radical (unpaired) electrons. The maximum absolute atomic E-state index is 13.0. The predicted octanol–water partition coefficient (Wildman–Crippen LogP) is 2.95. The number of alkyl halides is 2. The van der Waals surface area contributed by atoms with E-state index < -0.39 is 12.6 Å². The Hall–Kier alpha value is -1.26. The van der Waals surface area contributed by atoms with Gasteiger partial charge in [0.1, 0.15) is 5.75 Å². The highest BCUT2D eigenvalue weighted by Crippen LogP contribution is 2.22. The number of halogens is 3. The third-order valence-corrected chi connectivity index (χ3v) is 1.69. The van der Waals surface area contributed by atoms with Crippen LogP contribution in [0.3, 0.4) is 0 Å². The molecule has 0 aliphatic carbocycles. The van der Waals surface area contributed by atoms with Gasteiger partial charge in [-0.3, -0.25) is 0 Å². The van der Waals surface area contributed by atoms with E-state index in [-0.39, 0.29) is 17.2 Å². The Morgan fingerprint density at radius 2 is 2.00 bits per heavy atom.